The maximum absolute atomic E-state index is 13.9. The van der Waals surface area contributed by atoms with Crippen molar-refractivity contribution in [3.8, 4) is 0 Å². The zero-order chi connectivity index (χ0) is 19.6. The van der Waals surface area contributed by atoms with Crippen molar-refractivity contribution in [3.05, 3.63) is 108 Å². The lowest BCUT2D eigenvalue weighted by Gasteiger charge is -2.18. The summed E-state index contributed by atoms with van der Waals surface area (Å²) in [6.07, 6.45) is 22.6. The highest BCUT2D eigenvalue weighted by atomic mass is 19.1. The van der Waals surface area contributed by atoms with Crippen LogP contribution in [-0.4, -0.2) is 22.4 Å². The van der Waals surface area contributed by atoms with Crippen LogP contribution >= 0.6 is 0 Å². The van der Waals surface area contributed by atoms with Crippen LogP contribution in [0.25, 0.3) is 0 Å². The molecule has 0 fully saturated rings. The van der Waals surface area contributed by atoms with Crippen LogP contribution in [0.4, 0.5) is 9.18 Å². The smallest absolute Gasteiger partial charge is 0.299 e. The summed E-state index contributed by atoms with van der Waals surface area (Å²) < 4.78 is 13.9. The first-order valence-electron chi connectivity index (χ1n) is 8.80. The van der Waals surface area contributed by atoms with Gasteiger partial charge in [0.1, 0.15) is 5.82 Å². The predicted octanol–water partition coefficient (Wildman–Crippen LogP) is 4.79. The molecule has 0 spiro atoms. The Balaban J connectivity index is 1.68. The lowest BCUT2D eigenvalue weighted by atomic mass is 10.1. The van der Waals surface area contributed by atoms with Gasteiger partial charge in [-0.1, -0.05) is 72.0 Å². The molecular weight excluding hydrogens is 357 g/mol. The predicted molar refractivity (Wildman–Crippen MR) is 107 cm³/mol. The molecule has 1 amide bonds. The van der Waals surface area contributed by atoms with Crippen LogP contribution in [0.15, 0.2) is 96.3 Å². The van der Waals surface area contributed by atoms with E-state index >= 15 is 0 Å². The van der Waals surface area contributed by atoms with Gasteiger partial charge in [-0.05, 0) is 23.8 Å². The van der Waals surface area contributed by atoms with E-state index in [1.54, 1.807) is 36.4 Å². The van der Waals surface area contributed by atoms with E-state index in [1.165, 1.54) is 23.4 Å². The van der Waals surface area contributed by atoms with Crippen molar-refractivity contribution in [1.82, 2.24) is 10.1 Å². The Morgan fingerprint density at radius 2 is 1.54 bits per heavy atom. The number of hydrogen-bond donors (Lipinski definition) is 0. The van der Waals surface area contributed by atoms with Crippen LogP contribution < -0.4 is 0 Å². The van der Waals surface area contributed by atoms with Gasteiger partial charge in [0.25, 0.3) is 0 Å². The zero-order valence-electron chi connectivity index (χ0n) is 15.2. The molecule has 0 aliphatic carbocycles. The van der Waals surface area contributed by atoms with Crippen molar-refractivity contribution in [2.24, 2.45) is 5.10 Å². The van der Waals surface area contributed by atoms with E-state index < -0.39 is 6.09 Å². The number of nitrogens with zero attached hydrogens (tertiary/aromatic N) is 3. The number of amides is 1. The second-order valence-corrected chi connectivity index (χ2v) is 5.92. The van der Waals surface area contributed by atoms with Crippen LogP contribution in [0.2, 0.25) is 0 Å². The Morgan fingerprint density at radius 3 is 2.21 bits per heavy atom. The molecule has 2 aliphatic rings. The third-order valence-corrected chi connectivity index (χ3v) is 3.95. The minimum Gasteiger partial charge on any atom is -0.299 e. The summed E-state index contributed by atoms with van der Waals surface area (Å²) in [6.45, 7) is 0.472. The maximum Gasteiger partial charge on any atom is 0.436 e. The van der Waals surface area contributed by atoms with E-state index in [4.69, 9.17) is 4.84 Å². The Hall–Kier alpha value is -3.67. The van der Waals surface area contributed by atoms with Crippen LogP contribution in [0, 0.1) is 5.82 Å². The number of carbonyl (C=O) groups excluding carboxylic acids is 1. The highest BCUT2D eigenvalue weighted by Gasteiger charge is 2.27. The van der Waals surface area contributed by atoms with Gasteiger partial charge in [0.05, 0.1) is 19.0 Å². The molecule has 0 saturated heterocycles. The summed E-state index contributed by atoms with van der Waals surface area (Å²) >= 11 is 0. The van der Waals surface area contributed by atoms with E-state index in [0.29, 0.717) is 12.1 Å². The second kappa shape index (κ2) is 9.87. The molecular formula is C22H20FN3O2. The standard InChI is InChI=1S/C22H20FN3O2/c23-21-14-12-13-19-17-25(18-20(19)21)22(27)28-26-16-11-9-7-5-3-1-2-4-6-8-10-15-24-26/h1-16H,17-18H2/b2-1-,5-3+,6-4+,9-7+,10-8+,16-11-,24-15?. The van der Waals surface area contributed by atoms with Crippen molar-refractivity contribution in [1.29, 1.82) is 0 Å². The first-order valence-corrected chi connectivity index (χ1v) is 8.80. The third-order valence-electron chi connectivity index (χ3n) is 3.95. The van der Waals surface area contributed by atoms with Crippen molar-refractivity contribution in [3.63, 3.8) is 0 Å². The summed E-state index contributed by atoms with van der Waals surface area (Å²) in [5.74, 6) is -0.314. The third kappa shape index (κ3) is 5.41. The molecule has 0 atom stereocenters. The van der Waals surface area contributed by atoms with Crippen LogP contribution in [0.3, 0.4) is 0 Å². The number of allylic oxidation sites excluding steroid dienone is 11. The monoisotopic (exact) mass is 377 g/mol. The van der Waals surface area contributed by atoms with Crippen molar-refractivity contribution in [2.45, 2.75) is 13.1 Å². The summed E-state index contributed by atoms with van der Waals surface area (Å²) in [5, 5.41) is 5.17. The highest BCUT2D eigenvalue weighted by molar-refractivity contribution is 5.72. The first-order chi connectivity index (χ1) is 13.7. The second-order valence-electron chi connectivity index (χ2n) is 5.92. The van der Waals surface area contributed by atoms with Crippen LogP contribution in [0.5, 0.6) is 0 Å². The molecule has 0 bridgehead atoms. The number of hydrogen-bond acceptors (Lipinski definition) is 4. The molecule has 1 aromatic rings. The van der Waals surface area contributed by atoms with Gasteiger partial charge in [0, 0.05) is 12.1 Å². The number of hydrazone groups is 1. The Kier molecular flexibility index (Phi) is 6.73. The average molecular weight is 377 g/mol. The molecule has 2 aliphatic heterocycles. The molecule has 3 rings (SSSR count). The van der Waals surface area contributed by atoms with E-state index in [2.05, 4.69) is 5.10 Å². The Bertz CT molecular complexity index is 874. The molecule has 28 heavy (non-hydrogen) atoms. The highest BCUT2D eigenvalue weighted by Crippen LogP contribution is 2.25. The molecule has 0 unspecified atom stereocenters. The van der Waals surface area contributed by atoms with E-state index in [9.17, 15) is 9.18 Å². The van der Waals surface area contributed by atoms with Crippen LogP contribution in [-0.2, 0) is 17.9 Å². The molecule has 0 aromatic heterocycles. The van der Waals surface area contributed by atoms with Gasteiger partial charge in [-0.2, -0.15) is 0 Å². The fourth-order valence-electron chi connectivity index (χ4n) is 2.59. The number of halogens is 1. The van der Waals surface area contributed by atoms with Gasteiger partial charge in [-0.25, -0.2) is 9.18 Å². The Morgan fingerprint density at radius 1 is 0.893 bits per heavy atom. The zero-order valence-corrected chi connectivity index (χ0v) is 15.2. The lowest BCUT2D eigenvalue weighted by Crippen LogP contribution is -2.30. The fraction of sp³-hybridized carbons (Fsp3) is 0.0909. The van der Waals surface area contributed by atoms with E-state index in [-0.39, 0.29) is 12.4 Å². The van der Waals surface area contributed by atoms with Gasteiger partial charge in [0.2, 0.25) is 0 Å². The van der Waals surface area contributed by atoms with Crippen molar-refractivity contribution < 1.29 is 14.0 Å². The number of benzene rings is 1. The Labute approximate surface area is 163 Å². The lowest BCUT2D eigenvalue weighted by molar-refractivity contribution is -0.0724. The van der Waals surface area contributed by atoms with Crippen LogP contribution in [0.1, 0.15) is 11.1 Å². The van der Waals surface area contributed by atoms with Gasteiger partial charge in [0.15, 0.2) is 0 Å². The fourth-order valence-corrected chi connectivity index (χ4v) is 2.59. The molecule has 0 N–H and O–H groups in total. The quantitative estimate of drug-likeness (QED) is 0.707. The van der Waals surface area contributed by atoms with E-state index in [1.807, 2.05) is 42.5 Å². The van der Waals surface area contributed by atoms with Gasteiger partial charge >= 0.3 is 6.09 Å². The minimum absolute atomic E-state index is 0.171. The van der Waals surface area contributed by atoms with E-state index in [0.717, 1.165) is 10.7 Å². The number of hydroxylamine groups is 1. The maximum atomic E-state index is 13.9. The number of rotatable bonds is 1. The molecule has 6 heteroatoms. The first kappa shape index (κ1) is 19.1. The summed E-state index contributed by atoms with van der Waals surface area (Å²) in [6, 6.07) is 4.83. The summed E-state index contributed by atoms with van der Waals surface area (Å²) in [4.78, 5) is 19.2. The van der Waals surface area contributed by atoms with Gasteiger partial charge in [-0.15, -0.1) is 5.10 Å². The summed E-state index contributed by atoms with van der Waals surface area (Å²) in [7, 11) is 0. The topological polar surface area (TPSA) is 45.1 Å². The number of fused-ring (bicyclic) bond motifs is 1. The normalized spacial score (nSPS) is 23.0. The molecule has 0 radical (unpaired) electrons. The van der Waals surface area contributed by atoms with Crippen molar-refractivity contribution >= 4 is 12.3 Å². The molecule has 0 saturated carbocycles. The van der Waals surface area contributed by atoms with Gasteiger partial charge in [-0.3, -0.25) is 9.74 Å². The molecule has 2 heterocycles. The van der Waals surface area contributed by atoms with Gasteiger partial charge < -0.3 is 0 Å². The van der Waals surface area contributed by atoms with Crippen molar-refractivity contribution in [2.75, 3.05) is 0 Å². The average Bonchev–Trinajstić information content (AvgIpc) is 3.12. The number of carbonyl (C=O) groups is 1. The molecule has 142 valence electrons. The molecule has 1 aromatic carbocycles. The minimum atomic E-state index is -0.604. The summed E-state index contributed by atoms with van der Waals surface area (Å²) in [5.41, 5.74) is 1.31. The largest absolute Gasteiger partial charge is 0.436 e. The molecule has 5 nitrogen and oxygen atoms in total. The SMILES string of the molecule is O=C(ON1\C=C/C=C/C=C/C=C\C=C\C=C\C=N1)N1Cc2cccc(F)c2C1.